The van der Waals surface area contributed by atoms with Crippen molar-refractivity contribution >= 4 is 11.9 Å². The summed E-state index contributed by atoms with van der Waals surface area (Å²) in [6.07, 6.45) is 14.0. The van der Waals surface area contributed by atoms with Crippen molar-refractivity contribution < 1.29 is 28.9 Å². The smallest absolute Gasteiger partial charge is 0.333 e. The summed E-state index contributed by atoms with van der Waals surface area (Å²) in [5.41, 5.74) is -0.262. The van der Waals surface area contributed by atoms with Crippen LogP contribution >= 0.6 is 0 Å². The zero-order valence-electron chi connectivity index (χ0n) is 21.5. The molecule has 5 unspecified atom stereocenters. The van der Waals surface area contributed by atoms with E-state index in [1.807, 2.05) is 0 Å². The molecule has 0 amide bonds. The van der Waals surface area contributed by atoms with Crippen LogP contribution in [0.2, 0.25) is 0 Å². The standard InChI is InChI=1S/C15H22O3.C14H20O3/c1-10(2)14(16)18-15(7-3-4-8-15)12-9-11-5-6-13(12)17-11;1-9(2)12(15)17-14-6-10-3-11(7-14)5-13(16,4-10)8-14/h11-13H,1,3-9H2,2H3;10-11,16H,1,3-8H2,2H3. The van der Waals surface area contributed by atoms with Crippen molar-refractivity contribution in [3.05, 3.63) is 24.3 Å². The number of aliphatic hydroxyl groups is 1. The van der Waals surface area contributed by atoms with Gasteiger partial charge in [-0.25, -0.2) is 9.59 Å². The van der Waals surface area contributed by atoms with E-state index < -0.39 is 11.2 Å². The number of carbonyl (C=O) groups is 2. The third-order valence-corrected chi connectivity index (χ3v) is 9.51. The first-order valence-corrected chi connectivity index (χ1v) is 13.7. The van der Waals surface area contributed by atoms with Gasteiger partial charge in [0.1, 0.15) is 11.2 Å². The van der Waals surface area contributed by atoms with Crippen LogP contribution in [0, 0.1) is 17.8 Å². The van der Waals surface area contributed by atoms with E-state index in [2.05, 4.69) is 13.2 Å². The summed E-state index contributed by atoms with van der Waals surface area (Å²) < 4.78 is 17.5. The third kappa shape index (κ3) is 4.85. The number of fused-ring (bicyclic) bond motifs is 2. The molecule has 7 rings (SSSR count). The summed E-state index contributed by atoms with van der Waals surface area (Å²) in [6, 6.07) is 0. The summed E-state index contributed by atoms with van der Waals surface area (Å²) in [5.74, 6) is 0.982. The van der Waals surface area contributed by atoms with Crippen LogP contribution < -0.4 is 0 Å². The topological polar surface area (TPSA) is 82.1 Å². The molecular weight excluding hydrogens is 444 g/mol. The van der Waals surface area contributed by atoms with E-state index in [9.17, 15) is 14.7 Å². The van der Waals surface area contributed by atoms with Crippen molar-refractivity contribution in [3.63, 3.8) is 0 Å². The second-order valence-electron chi connectivity index (χ2n) is 12.7. The molecule has 7 fully saturated rings. The van der Waals surface area contributed by atoms with Gasteiger partial charge in [0.2, 0.25) is 0 Å². The average Bonchev–Trinajstić information content (AvgIpc) is 3.49. The van der Waals surface area contributed by atoms with Crippen LogP contribution in [0.15, 0.2) is 24.3 Å². The number of hydrogen-bond acceptors (Lipinski definition) is 6. The quantitative estimate of drug-likeness (QED) is 0.426. The Hall–Kier alpha value is -1.66. The van der Waals surface area contributed by atoms with E-state index in [0.717, 1.165) is 64.2 Å². The van der Waals surface area contributed by atoms with Crippen LogP contribution in [-0.4, -0.2) is 46.1 Å². The summed E-state index contributed by atoms with van der Waals surface area (Å²) >= 11 is 0. The van der Waals surface area contributed by atoms with Crippen LogP contribution in [-0.2, 0) is 23.8 Å². The van der Waals surface area contributed by atoms with Gasteiger partial charge in [-0.15, -0.1) is 0 Å². The molecule has 0 aromatic heterocycles. The van der Waals surface area contributed by atoms with Crippen LogP contribution in [0.25, 0.3) is 0 Å². The van der Waals surface area contributed by atoms with Gasteiger partial charge in [-0.2, -0.15) is 0 Å². The van der Waals surface area contributed by atoms with Crippen LogP contribution in [0.3, 0.4) is 0 Å². The van der Waals surface area contributed by atoms with Gasteiger partial charge in [-0.05, 0) is 103 Å². The van der Waals surface area contributed by atoms with Crippen molar-refractivity contribution in [2.45, 2.75) is 126 Å². The van der Waals surface area contributed by atoms with E-state index >= 15 is 0 Å². The predicted octanol–water partition coefficient (Wildman–Crippen LogP) is 5.18. The monoisotopic (exact) mass is 486 g/mol. The highest BCUT2D eigenvalue weighted by atomic mass is 16.6. The van der Waals surface area contributed by atoms with Gasteiger partial charge in [-0.3, -0.25) is 0 Å². The van der Waals surface area contributed by atoms with E-state index in [-0.39, 0.29) is 17.5 Å². The lowest BCUT2D eigenvalue weighted by molar-refractivity contribution is -0.217. The molecule has 2 heterocycles. The van der Waals surface area contributed by atoms with Gasteiger partial charge in [0.05, 0.1) is 17.8 Å². The minimum atomic E-state index is -0.570. The first kappa shape index (κ1) is 25.0. The highest BCUT2D eigenvalue weighted by Crippen LogP contribution is 2.59. The maximum atomic E-state index is 11.9. The largest absolute Gasteiger partial charge is 0.456 e. The van der Waals surface area contributed by atoms with Gasteiger partial charge in [0.15, 0.2) is 0 Å². The Morgan fingerprint density at radius 2 is 1.49 bits per heavy atom. The summed E-state index contributed by atoms with van der Waals surface area (Å²) in [4.78, 5) is 23.6. The Balaban J connectivity index is 0.000000145. The summed E-state index contributed by atoms with van der Waals surface area (Å²) in [5, 5.41) is 10.5. The second-order valence-corrected chi connectivity index (χ2v) is 12.7. The molecule has 7 aliphatic rings. The Bertz CT molecular complexity index is 885. The molecule has 5 atom stereocenters. The highest BCUT2D eigenvalue weighted by molar-refractivity contribution is 5.87. The maximum absolute atomic E-state index is 11.9. The van der Waals surface area contributed by atoms with Crippen molar-refractivity contribution in [3.8, 4) is 0 Å². The van der Waals surface area contributed by atoms with E-state index in [4.69, 9.17) is 14.2 Å². The third-order valence-electron chi connectivity index (χ3n) is 9.51. The van der Waals surface area contributed by atoms with Crippen LogP contribution in [0.1, 0.15) is 97.3 Å². The molecule has 5 aliphatic carbocycles. The lowest BCUT2D eigenvalue weighted by Gasteiger charge is -2.59. The molecule has 0 aromatic carbocycles. The fourth-order valence-corrected chi connectivity index (χ4v) is 8.52. The SMILES string of the molecule is C=C(C)C(=O)OC1(C2CC3CCC2O3)CCCC1.C=C(C)C(=O)OC12CC3CC(CC(O)(C3)C1)C2. The van der Waals surface area contributed by atoms with E-state index in [0.29, 0.717) is 47.5 Å². The molecule has 0 spiro atoms. The molecule has 0 radical (unpaired) electrons. The van der Waals surface area contributed by atoms with Gasteiger partial charge < -0.3 is 19.3 Å². The normalized spacial score (nSPS) is 41.7. The molecule has 2 aliphatic heterocycles. The molecule has 194 valence electrons. The van der Waals surface area contributed by atoms with Crippen LogP contribution in [0.5, 0.6) is 0 Å². The number of carbonyl (C=O) groups excluding carboxylic acids is 2. The van der Waals surface area contributed by atoms with Gasteiger partial charge in [-0.1, -0.05) is 13.2 Å². The Labute approximate surface area is 209 Å². The minimum Gasteiger partial charge on any atom is -0.456 e. The number of ether oxygens (including phenoxy) is 3. The Morgan fingerprint density at radius 3 is 1.97 bits per heavy atom. The van der Waals surface area contributed by atoms with Gasteiger partial charge in [0, 0.05) is 23.5 Å². The van der Waals surface area contributed by atoms with Crippen molar-refractivity contribution in [2.24, 2.45) is 17.8 Å². The van der Waals surface area contributed by atoms with Gasteiger partial charge >= 0.3 is 11.9 Å². The molecule has 2 saturated heterocycles. The lowest BCUT2D eigenvalue weighted by Crippen LogP contribution is -2.60. The molecule has 5 saturated carbocycles. The van der Waals surface area contributed by atoms with E-state index in [1.165, 1.54) is 12.8 Å². The molecule has 6 bridgehead atoms. The minimum absolute atomic E-state index is 0.223. The fourth-order valence-electron chi connectivity index (χ4n) is 8.52. The fraction of sp³-hybridized carbons (Fsp3) is 0.793. The van der Waals surface area contributed by atoms with Crippen molar-refractivity contribution in [2.75, 3.05) is 0 Å². The Morgan fingerprint density at radius 1 is 0.886 bits per heavy atom. The Kier molecular flexibility index (Phi) is 6.45. The number of hydrogen-bond donors (Lipinski definition) is 1. The van der Waals surface area contributed by atoms with Crippen LogP contribution in [0.4, 0.5) is 0 Å². The van der Waals surface area contributed by atoms with Crippen molar-refractivity contribution in [1.82, 2.24) is 0 Å². The molecular formula is C29H42O6. The van der Waals surface area contributed by atoms with Crippen molar-refractivity contribution in [1.29, 1.82) is 0 Å². The molecule has 1 N–H and O–H groups in total. The lowest BCUT2D eigenvalue weighted by atomic mass is 9.52. The average molecular weight is 487 g/mol. The van der Waals surface area contributed by atoms with Gasteiger partial charge in [0.25, 0.3) is 0 Å². The molecule has 35 heavy (non-hydrogen) atoms. The highest BCUT2D eigenvalue weighted by Gasteiger charge is 2.59. The number of rotatable bonds is 5. The molecule has 6 heteroatoms. The number of esters is 2. The second kappa shape index (κ2) is 9.02. The first-order chi connectivity index (χ1) is 16.5. The maximum Gasteiger partial charge on any atom is 0.333 e. The molecule has 0 aromatic rings. The first-order valence-electron chi connectivity index (χ1n) is 13.7. The predicted molar refractivity (Wildman–Crippen MR) is 131 cm³/mol. The zero-order chi connectivity index (χ0) is 25.0. The van der Waals surface area contributed by atoms with E-state index in [1.54, 1.807) is 13.8 Å². The zero-order valence-corrected chi connectivity index (χ0v) is 21.5. The molecule has 6 nitrogen and oxygen atoms in total. The summed E-state index contributed by atoms with van der Waals surface area (Å²) in [6.45, 7) is 10.7. The summed E-state index contributed by atoms with van der Waals surface area (Å²) in [7, 11) is 0.